The van der Waals surface area contributed by atoms with Crippen molar-refractivity contribution in [2.75, 3.05) is 13.1 Å². The van der Waals surface area contributed by atoms with Crippen LogP contribution in [-0.4, -0.2) is 31.7 Å². The van der Waals surface area contributed by atoms with E-state index in [1.807, 2.05) is 0 Å². The van der Waals surface area contributed by atoms with Gasteiger partial charge >= 0.3 is 0 Å². The third-order valence-corrected chi connectivity index (χ3v) is 4.86. The van der Waals surface area contributed by atoms with Gasteiger partial charge in [-0.1, -0.05) is 0 Å². The summed E-state index contributed by atoms with van der Waals surface area (Å²) in [7, 11) is -3.44. The lowest BCUT2D eigenvalue weighted by molar-refractivity contribution is 0.461. The Labute approximate surface area is 101 Å². The van der Waals surface area contributed by atoms with Crippen LogP contribution >= 0.6 is 0 Å². The first-order valence-corrected chi connectivity index (χ1v) is 7.17. The Morgan fingerprint density at radius 1 is 1.59 bits per heavy atom. The second-order valence-electron chi connectivity index (χ2n) is 4.72. The average Bonchev–Trinajstić information content (AvgIpc) is 2.89. The Kier molecular flexibility index (Phi) is 3.24. The fourth-order valence-corrected chi connectivity index (χ4v) is 3.23. The molecule has 96 valence electrons. The van der Waals surface area contributed by atoms with Gasteiger partial charge in [0.15, 0.2) is 0 Å². The van der Waals surface area contributed by atoms with Crippen LogP contribution in [0.25, 0.3) is 0 Å². The van der Waals surface area contributed by atoms with Crippen LogP contribution in [0, 0.1) is 12.3 Å². The van der Waals surface area contributed by atoms with E-state index in [4.69, 9.17) is 5.73 Å². The Balaban J connectivity index is 2.02. The van der Waals surface area contributed by atoms with Crippen LogP contribution in [0.3, 0.4) is 0 Å². The molecule has 6 nitrogen and oxygen atoms in total. The molecular formula is C10H18N4O2S. The zero-order valence-corrected chi connectivity index (χ0v) is 10.7. The molecule has 0 spiro atoms. The highest BCUT2D eigenvalue weighted by molar-refractivity contribution is 7.89. The monoisotopic (exact) mass is 258 g/mol. The van der Waals surface area contributed by atoms with Crippen LogP contribution in [0.15, 0.2) is 11.1 Å². The van der Waals surface area contributed by atoms with Crippen molar-refractivity contribution in [3.8, 4) is 0 Å². The third-order valence-electron chi connectivity index (χ3n) is 3.34. The number of rotatable bonds is 6. The summed E-state index contributed by atoms with van der Waals surface area (Å²) < 4.78 is 26.6. The maximum absolute atomic E-state index is 12.0. The average molecular weight is 258 g/mol. The van der Waals surface area contributed by atoms with Gasteiger partial charge in [0.25, 0.3) is 0 Å². The van der Waals surface area contributed by atoms with Crippen molar-refractivity contribution in [3.05, 3.63) is 11.9 Å². The molecule has 1 saturated carbocycles. The summed E-state index contributed by atoms with van der Waals surface area (Å²) in [6.45, 7) is 2.76. The number of nitrogens with zero attached hydrogens (tertiary/aromatic N) is 1. The van der Waals surface area contributed by atoms with Gasteiger partial charge in [0.05, 0.1) is 11.9 Å². The molecule has 1 aromatic heterocycles. The van der Waals surface area contributed by atoms with Crippen molar-refractivity contribution < 1.29 is 8.42 Å². The third kappa shape index (κ3) is 2.67. The fourth-order valence-electron chi connectivity index (χ4n) is 1.93. The molecule has 2 rings (SSSR count). The van der Waals surface area contributed by atoms with Gasteiger partial charge < -0.3 is 5.73 Å². The van der Waals surface area contributed by atoms with Gasteiger partial charge in [-0.2, -0.15) is 5.10 Å². The largest absolute Gasteiger partial charge is 0.330 e. The van der Waals surface area contributed by atoms with Gasteiger partial charge in [-0.15, -0.1) is 0 Å². The second kappa shape index (κ2) is 4.40. The van der Waals surface area contributed by atoms with E-state index >= 15 is 0 Å². The van der Waals surface area contributed by atoms with Crippen molar-refractivity contribution >= 4 is 10.0 Å². The predicted molar refractivity (Wildman–Crippen MR) is 63.9 cm³/mol. The molecule has 7 heteroatoms. The molecule has 0 atom stereocenters. The molecule has 1 aromatic rings. The lowest BCUT2D eigenvalue weighted by Gasteiger charge is -2.14. The molecule has 0 bridgehead atoms. The molecule has 0 aliphatic heterocycles. The van der Waals surface area contributed by atoms with Crippen LogP contribution in [-0.2, 0) is 10.0 Å². The number of aromatic amines is 1. The predicted octanol–water partition coefficient (Wildman–Crippen LogP) is 0.125. The standard InChI is InChI=1S/C10H18N4O2S/c1-8-9(6-12-14-8)17(15,16)13-7-10(2-3-10)4-5-11/h6,13H,2-5,7,11H2,1H3,(H,12,14). The van der Waals surface area contributed by atoms with Crippen molar-refractivity contribution in [3.63, 3.8) is 0 Å². The van der Waals surface area contributed by atoms with Crippen LogP contribution < -0.4 is 10.5 Å². The van der Waals surface area contributed by atoms with Crippen LogP contribution in [0.2, 0.25) is 0 Å². The van der Waals surface area contributed by atoms with Crippen molar-refractivity contribution in [1.82, 2.24) is 14.9 Å². The van der Waals surface area contributed by atoms with Gasteiger partial charge in [0, 0.05) is 6.54 Å². The number of sulfonamides is 1. The van der Waals surface area contributed by atoms with Gasteiger partial charge in [0.2, 0.25) is 10.0 Å². The number of nitrogens with two attached hydrogens (primary N) is 1. The summed E-state index contributed by atoms with van der Waals surface area (Å²) in [5.41, 5.74) is 6.17. The van der Waals surface area contributed by atoms with E-state index in [2.05, 4.69) is 14.9 Å². The van der Waals surface area contributed by atoms with Crippen molar-refractivity contribution in [2.24, 2.45) is 11.1 Å². The number of hydrogen-bond acceptors (Lipinski definition) is 4. The van der Waals surface area contributed by atoms with Gasteiger partial charge in [-0.25, -0.2) is 13.1 Å². The molecule has 4 N–H and O–H groups in total. The van der Waals surface area contributed by atoms with E-state index in [-0.39, 0.29) is 10.3 Å². The Hall–Kier alpha value is -0.920. The molecule has 1 aliphatic rings. The highest BCUT2D eigenvalue weighted by atomic mass is 32.2. The molecule has 0 aromatic carbocycles. The van der Waals surface area contributed by atoms with E-state index in [0.29, 0.717) is 18.8 Å². The first kappa shape index (κ1) is 12.5. The van der Waals surface area contributed by atoms with Crippen LogP contribution in [0.4, 0.5) is 0 Å². The molecule has 0 radical (unpaired) electrons. The second-order valence-corrected chi connectivity index (χ2v) is 6.46. The van der Waals surface area contributed by atoms with Gasteiger partial charge in [0.1, 0.15) is 4.90 Å². The Bertz CT molecular complexity index is 490. The quantitative estimate of drug-likeness (QED) is 0.675. The molecule has 1 heterocycles. The van der Waals surface area contributed by atoms with E-state index in [0.717, 1.165) is 19.3 Å². The summed E-state index contributed by atoms with van der Waals surface area (Å²) in [6, 6.07) is 0. The summed E-state index contributed by atoms with van der Waals surface area (Å²) in [4.78, 5) is 0.223. The van der Waals surface area contributed by atoms with E-state index in [1.165, 1.54) is 6.20 Å². The summed E-state index contributed by atoms with van der Waals surface area (Å²) in [5, 5.41) is 6.34. The van der Waals surface area contributed by atoms with Gasteiger partial charge in [-0.05, 0) is 38.1 Å². The molecule has 0 unspecified atom stereocenters. The minimum absolute atomic E-state index is 0.0967. The molecule has 17 heavy (non-hydrogen) atoms. The number of aromatic nitrogens is 2. The maximum Gasteiger partial charge on any atom is 0.243 e. The molecule has 1 aliphatic carbocycles. The van der Waals surface area contributed by atoms with E-state index in [1.54, 1.807) is 6.92 Å². The fraction of sp³-hybridized carbons (Fsp3) is 0.700. The molecule has 0 amide bonds. The molecule has 0 saturated heterocycles. The normalized spacial score (nSPS) is 18.2. The minimum Gasteiger partial charge on any atom is -0.330 e. The van der Waals surface area contributed by atoms with Crippen LogP contribution in [0.5, 0.6) is 0 Å². The molecular weight excluding hydrogens is 240 g/mol. The van der Waals surface area contributed by atoms with Crippen molar-refractivity contribution in [2.45, 2.75) is 31.1 Å². The molecule has 1 fully saturated rings. The number of hydrogen-bond donors (Lipinski definition) is 3. The Morgan fingerprint density at radius 2 is 2.29 bits per heavy atom. The summed E-state index contributed by atoms with van der Waals surface area (Å²) in [6.07, 6.45) is 4.31. The number of H-pyrrole nitrogens is 1. The van der Waals surface area contributed by atoms with Crippen LogP contribution in [0.1, 0.15) is 25.0 Å². The topological polar surface area (TPSA) is 101 Å². The highest BCUT2D eigenvalue weighted by Gasteiger charge is 2.42. The lowest BCUT2D eigenvalue weighted by atomic mass is 10.0. The maximum atomic E-state index is 12.0. The summed E-state index contributed by atoms with van der Waals surface area (Å²) in [5.74, 6) is 0. The van der Waals surface area contributed by atoms with Crippen molar-refractivity contribution in [1.29, 1.82) is 0 Å². The Morgan fingerprint density at radius 3 is 2.76 bits per heavy atom. The van der Waals surface area contributed by atoms with E-state index < -0.39 is 10.0 Å². The minimum atomic E-state index is -3.44. The number of aryl methyl sites for hydroxylation is 1. The number of nitrogens with one attached hydrogen (secondary N) is 2. The van der Waals surface area contributed by atoms with E-state index in [9.17, 15) is 8.42 Å². The summed E-state index contributed by atoms with van der Waals surface area (Å²) >= 11 is 0. The van der Waals surface area contributed by atoms with Gasteiger partial charge in [-0.3, -0.25) is 5.10 Å². The SMILES string of the molecule is Cc1[nH]ncc1S(=O)(=O)NCC1(CCN)CC1. The zero-order chi connectivity index (χ0) is 12.5. The lowest BCUT2D eigenvalue weighted by Crippen LogP contribution is -2.31. The first-order valence-electron chi connectivity index (χ1n) is 5.69. The zero-order valence-electron chi connectivity index (χ0n) is 9.86. The highest BCUT2D eigenvalue weighted by Crippen LogP contribution is 2.47. The first-order chi connectivity index (χ1) is 7.99. The smallest absolute Gasteiger partial charge is 0.243 e.